The fourth-order valence-electron chi connectivity index (χ4n) is 3.42. The quantitative estimate of drug-likeness (QED) is 0.810. The molecule has 1 aliphatic carbocycles. The smallest absolute Gasteiger partial charge is 0.00924 e. The summed E-state index contributed by atoms with van der Waals surface area (Å²) in [5.74, 6) is 1.91. The minimum Gasteiger partial charge on any atom is -0.316 e. The fourth-order valence-corrected chi connectivity index (χ4v) is 3.42. The van der Waals surface area contributed by atoms with Crippen LogP contribution in [0.15, 0.2) is 0 Å². The molecule has 1 atom stereocenters. The second kappa shape index (κ2) is 6.75. The summed E-state index contributed by atoms with van der Waals surface area (Å²) in [7, 11) is 2.34. The van der Waals surface area contributed by atoms with E-state index in [4.69, 9.17) is 0 Å². The molecule has 1 aliphatic heterocycles. The van der Waals surface area contributed by atoms with E-state index in [0.29, 0.717) is 0 Å². The average Bonchev–Trinajstić information content (AvgIpc) is 2.38. The molecule has 0 bridgehead atoms. The summed E-state index contributed by atoms with van der Waals surface area (Å²) >= 11 is 0. The first kappa shape index (κ1) is 13.4. The van der Waals surface area contributed by atoms with Crippen molar-refractivity contribution in [3.63, 3.8) is 0 Å². The van der Waals surface area contributed by atoms with E-state index in [1.165, 1.54) is 64.6 Å². The molecule has 1 saturated carbocycles. The standard InChI is InChI=1S/C15H30N2/c1-13-5-7-15(8-6-13)17(2)11-9-14-4-3-10-16-12-14/h13-16H,3-12H2,1-2H3. The lowest BCUT2D eigenvalue weighted by atomic mass is 9.86. The van der Waals surface area contributed by atoms with Gasteiger partial charge < -0.3 is 10.2 Å². The number of rotatable bonds is 4. The van der Waals surface area contributed by atoms with E-state index in [9.17, 15) is 0 Å². The lowest BCUT2D eigenvalue weighted by molar-refractivity contribution is 0.158. The molecule has 2 heteroatoms. The minimum absolute atomic E-state index is 0.878. The summed E-state index contributed by atoms with van der Waals surface area (Å²) in [5, 5.41) is 3.53. The maximum atomic E-state index is 3.53. The maximum absolute atomic E-state index is 3.53. The van der Waals surface area contributed by atoms with Crippen LogP contribution in [0.5, 0.6) is 0 Å². The van der Waals surface area contributed by atoms with Gasteiger partial charge in [0.15, 0.2) is 0 Å². The Bertz CT molecular complexity index is 203. The van der Waals surface area contributed by atoms with Crippen molar-refractivity contribution in [2.45, 2.75) is 57.9 Å². The summed E-state index contributed by atoms with van der Waals surface area (Å²) in [6.07, 6.45) is 9.98. The van der Waals surface area contributed by atoms with Gasteiger partial charge in [-0.1, -0.05) is 6.92 Å². The van der Waals surface area contributed by atoms with E-state index in [0.717, 1.165) is 17.9 Å². The first-order chi connectivity index (χ1) is 8.25. The van der Waals surface area contributed by atoms with Crippen molar-refractivity contribution in [3.05, 3.63) is 0 Å². The van der Waals surface area contributed by atoms with Crippen molar-refractivity contribution in [1.29, 1.82) is 0 Å². The van der Waals surface area contributed by atoms with Crippen molar-refractivity contribution in [2.75, 3.05) is 26.7 Å². The molecule has 0 aromatic heterocycles. The topological polar surface area (TPSA) is 15.3 Å². The lowest BCUT2D eigenvalue weighted by Gasteiger charge is -2.34. The molecule has 0 radical (unpaired) electrons. The Morgan fingerprint density at radius 3 is 2.53 bits per heavy atom. The number of hydrogen-bond acceptors (Lipinski definition) is 2. The Kier molecular flexibility index (Phi) is 5.30. The second-order valence-electron chi connectivity index (χ2n) is 6.40. The van der Waals surface area contributed by atoms with Crippen molar-refractivity contribution in [2.24, 2.45) is 11.8 Å². The molecule has 1 heterocycles. The zero-order valence-electron chi connectivity index (χ0n) is 11.8. The highest BCUT2D eigenvalue weighted by molar-refractivity contribution is 4.78. The zero-order valence-corrected chi connectivity index (χ0v) is 11.8. The normalized spacial score (nSPS) is 35.1. The van der Waals surface area contributed by atoms with Gasteiger partial charge in [0.05, 0.1) is 0 Å². The van der Waals surface area contributed by atoms with Crippen LogP contribution in [0.2, 0.25) is 0 Å². The number of hydrogen-bond donors (Lipinski definition) is 1. The van der Waals surface area contributed by atoms with Gasteiger partial charge >= 0.3 is 0 Å². The van der Waals surface area contributed by atoms with E-state index in [-0.39, 0.29) is 0 Å². The summed E-state index contributed by atoms with van der Waals surface area (Å²) in [6.45, 7) is 6.22. The van der Waals surface area contributed by atoms with Gasteiger partial charge in [-0.25, -0.2) is 0 Å². The monoisotopic (exact) mass is 238 g/mol. The van der Waals surface area contributed by atoms with Crippen LogP contribution in [0, 0.1) is 11.8 Å². The van der Waals surface area contributed by atoms with Gasteiger partial charge in [0.25, 0.3) is 0 Å². The average molecular weight is 238 g/mol. The van der Waals surface area contributed by atoms with Crippen molar-refractivity contribution in [1.82, 2.24) is 10.2 Å². The van der Waals surface area contributed by atoms with Crippen LogP contribution in [0.3, 0.4) is 0 Å². The van der Waals surface area contributed by atoms with E-state index in [1.54, 1.807) is 0 Å². The third kappa shape index (κ3) is 4.26. The van der Waals surface area contributed by atoms with Gasteiger partial charge in [-0.05, 0) is 83.5 Å². The predicted molar refractivity (Wildman–Crippen MR) is 74.3 cm³/mol. The summed E-state index contributed by atoms with van der Waals surface area (Å²) in [6, 6.07) is 0.878. The SMILES string of the molecule is CC1CCC(N(C)CCC2CCCNC2)CC1. The Morgan fingerprint density at radius 2 is 1.88 bits per heavy atom. The molecule has 2 nitrogen and oxygen atoms in total. The molecule has 0 aromatic rings. The lowest BCUT2D eigenvalue weighted by Crippen LogP contribution is -2.37. The largest absolute Gasteiger partial charge is 0.316 e. The van der Waals surface area contributed by atoms with Crippen molar-refractivity contribution >= 4 is 0 Å². The Balaban J connectivity index is 1.64. The van der Waals surface area contributed by atoms with Crippen LogP contribution in [0.4, 0.5) is 0 Å². The third-order valence-corrected chi connectivity index (χ3v) is 4.90. The van der Waals surface area contributed by atoms with Gasteiger partial charge in [-0.15, -0.1) is 0 Å². The van der Waals surface area contributed by atoms with E-state index >= 15 is 0 Å². The van der Waals surface area contributed by atoms with Crippen LogP contribution in [0.25, 0.3) is 0 Å². The molecule has 17 heavy (non-hydrogen) atoms. The maximum Gasteiger partial charge on any atom is 0.00924 e. The molecule has 2 aliphatic rings. The van der Waals surface area contributed by atoms with Crippen LogP contribution in [0.1, 0.15) is 51.9 Å². The number of nitrogens with one attached hydrogen (secondary N) is 1. The summed E-state index contributed by atoms with van der Waals surface area (Å²) in [4.78, 5) is 2.64. The molecule has 0 aromatic carbocycles. The molecule has 2 rings (SSSR count). The van der Waals surface area contributed by atoms with Gasteiger partial charge in [0.2, 0.25) is 0 Å². The van der Waals surface area contributed by atoms with E-state index in [2.05, 4.69) is 24.2 Å². The molecule has 1 unspecified atom stereocenters. The van der Waals surface area contributed by atoms with Crippen LogP contribution >= 0.6 is 0 Å². The molecule has 1 N–H and O–H groups in total. The Morgan fingerprint density at radius 1 is 1.12 bits per heavy atom. The van der Waals surface area contributed by atoms with Gasteiger partial charge in [-0.3, -0.25) is 0 Å². The first-order valence-corrected chi connectivity index (χ1v) is 7.66. The molecule has 2 fully saturated rings. The number of nitrogens with zero attached hydrogens (tertiary/aromatic N) is 1. The first-order valence-electron chi connectivity index (χ1n) is 7.66. The molecule has 0 spiro atoms. The molecular weight excluding hydrogens is 208 g/mol. The highest BCUT2D eigenvalue weighted by Crippen LogP contribution is 2.27. The summed E-state index contributed by atoms with van der Waals surface area (Å²) in [5.41, 5.74) is 0. The van der Waals surface area contributed by atoms with E-state index in [1.807, 2.05) is 0 Å². The van der Waals surface area contributed by atoms with Crippen molar-refractivity contribution < 1.29 is 0 Å². The van der Waals surface area contributed by atoms with Crippen LogP contribution < -0.4 is 5.32 Å². The highest BCUT2D eigenvalue weighted by atomic mass is 15.1. The van der Waals surface area contributed by atoms with Crippen LogP contribution in [-0.4, -0.2) is 37.6 Å². The van der Waals surface area contributed by atoms with Gasteiger partial charge in [0, 0.05) is 6.04 Å². The fraction of sp³-hybridized carbons (Fsp3) is 1.00. The van der Waals surface area contributed by atoms with Gasteiger partial charge in [-0.2, -0.15) is 0 Å². The minimum atomic E-state index is 0.878. The summed E-state index contributed by atoms with van der Waals surface area (Å²) < 4.78 is 0. The molecule has 0 amide bonds. The van der Waals surface area contributed by atoms with Crippen molar-refractivity contribution in [3.8, 4) is 0 Å². The second-order valence-corrected chi connectivity index (χ2v) is 6.40. The molecule has 1 saturated heterocycles. The Labute approximate surface area is 107 Å². The predicted octanol–water partition coefficient (Wildman–Crippen LogP) is 2.89. The zero-order chi connectivity index (χ0) is 12.1. The Hall–Kier alpha value is -0.0800. The molecular formula is C15H30N2. The number of piperidine rings is 1. The van der Waals surface area contributed by atoms with Crippen LogP contribution in [-0.2, 0) is 0 Å². The highest BCUT2D eigenvalue weighted by Gasteiger charge is 2.22. The van der Waals surface area contributed by atoms with Gasteiger partial charge in [0.1, 0.15) is 0 Å². The molecule has 100 valence electrons. The third-order valence-electron chi connectivity index (χ3n) is 4.90. The van der Waals surface area contributed by atoms with E-state index < -0.39 is 0 Å².